The molecule has 0 fully saturated rings. The van der Waals surface area contributed by atoms with Crippen LogP contribution in [0.2, 0.25) is 0 Å². The molecule has 0 aromatic heterocycles. The van der Waals surface area contributed by atoms with Crippen LogP contribution < -0.4 is 0 Å². The highest BCUT2D eigenvalue weighted by Gasteiger charge is 2.23. The molecule has 5 heteroatoms. The molecule has 1 N–H and O–H groups in total. The Morgan fingerprint density at radius 2 is 1.62 bits per heavy atom. The Kier molecular flexibility index (Phi) is 9.17. The molecule has 0 aromatic carbocycles. The quantitative estimate of drug-likeness (QED) is 0.364. The minimum Gasteiger partial charge on any atom is -0.478 e. The Hall–Kier alpha value is -0.653. The Morgan fingerprint density at radius 1 is 1.19 bits per heavy atom. The molecule has 0 aliphatic rings. The molecule has 0 bridgehead atoms. The fourth-order valence-corrected chi connectivity index (χ4v) is 2.48. The molecule has 0 saturated carbocycles. The Morgan fingerprint density at radius 3 is 1.94 bits per heavy atom. The van der Waals surface area contributed by atoms with Gasteiger partial charge in [-0.05, 0) is 12.8 Å². The van der Waals surface area contributed by atoms with Gasteiger partial charge in [0, 0.05) is 13.2 Å². The summed E-state index contributed by atoms with van der Waals surface area (Å²) in [4.78, 5) is 10.8. The molecular weight excluding hydrogens is 224 g/mol. The second kappa shape index (κ2) is 9.56. The van der Waals surface area contributed by atoms with E-state index in [1.54, 1.807) is 0 Å². The van der Waals surface area contributed by atoms with E-state index in [1.807, 2.05) is 0 Å². The zero-order valence-corrected chi connectivity index (χ0v) is 11.4. The Labute approximate surface area is 99.1 Å². The molecule has 0 unspecified atom stereocenters. The first kappa shape index (κ1) is 15.3. The van der Waals surface area contributed by atoms with Crippen molar-refractivity contribution < 1.29 is 18.8 Å². The number of carboxylic acid groups (broad SMARTS) is 1. The zero-order chi connectivity index (χ0) is 12.4. The van der Waals surface area contributed by atoms with Crippen molar-refractivity contribution in [3.05, 3.63) is 11.8 Å². The van der Waals surface area contributed by atoms with Gasteiger partial charge in [-0.25, -0.2) is 4.79 Å². The van der Waals surface area contributed by atoms with E-state index < -0.39 is 15.3 Å². The van der Waals surface area contributed by atoms with Crippen LogP contribution in [0.1, 0.15) is 39.5 Å². The van der Waals surface area contributed by atoms with E-state index in [0.29, 0.717) is 13.2 Å². The van der Waals surface area contributed by atoms with Gasteiger partial charge in [0.2, 0.25) is 0 Å². The van der Waals surface area contributed by atoms with Crippen molar-refractivity contribution in [3.63, 3.8) is 0 Å². The van der Waals surface area contributed by atoms with Gasteiger partial charge < -0.3 is 14.0 Å². The topological polar surface area (TPSA) is 55.8 Å². The van der Waals surface area contributed by atoms with E-state index in [-0.39, 0.29) is 5.20 Å². The third-order valence-corrected chi connectivity index (χ3v) is 3.99. The lowest BCUT2D eigenvalue weighted by molar-refractivity contribution is -0.132. The number of rotatable bonds is 10. The maximum absolute atomic E-state index is 10.8. The SMILES string of the molecule is C=C(C(=O)O)[SiH](OCCCC)OCCCC. The molecule has 0 rings (SSSR count). The van der Waals surface area contributed by atoms with Crippen molar-refractivity contribution in [2.75, 3.05) is 13.2 Å². The van der Waals surface area contributed by atoms with Crippen LogP contribution in [0.25, 0.3) is 0 Å². The maximum Gasteiger partial charge on any atom is 0.362 e. The normalized spacial score (nSPS) is 10.7. The van der Waals surface area contributed by atoms with Crippen LogP contribution >= 0.6 is 0 Å². The van der Waals surface area contributed by atoms with E-state index in [4.69, 9.17) is 14.0 Å². The average molecular weight is 246 g/mol. The van der Waals surface area contributed by atoms with Crippen molar-refractivity contribution in [3.8, 4) is 0 Å². The fourth-order valence-electron chi connectivity index (χ4n) is 1.02. The molecule has 0 aliphatic carbocycles. The molecule has 0 atom stereocenters. The van der Waals surface area contributed by atoms with Crippen molar-refractivity contribution >= 4 is 15.3 Å². The summed E-state index contributed by atoms with van der Waals surface area (Å²) >= 11 is 0. The van der Waals surface area contributed by atoms with Crippen molar-refractivity contribution in [1.82, 2.24) is 0 Å². The average Bonchev–Trinajstić information content (AvgIpc) is 2.26. The Balaban J connectivity index is 4.05. The van der Waals surface area contributed by atoms with Crippen molar-refractivity contribution in [2.24, 2.45) is 0 Å². The maximum atomic E-state index is 10.8. The number of hydrogen-bond donors (Lipinski definition) is 1. The first-order chi connectivity index (χ1) is 7.63. The minimum atomic E-state index is -2.24. The third-order valence-electron chi connectivity index (χ3n) is 2.09. The molecule has 0 amide bonds. The lowest BCUT2D eigenvalue weighted by Crippen LogP contribution is -2.30. The molecule has 0 radical (unpaired) electrons. The van der Waals surface area contributed by atoms with Gasteiger partial charge in [-0.1, -0.05) is 33.3 Å². The summed E-state index contributed by atoms with van der Waals surface area (Å²) in [7, 11) is -2.24. The van der Waals surface area contributed by atoms with Crippen LogP contribution in [0.5, 0.6) is 0 Å². The van der Waals surface area contributed by atoms with E-state index in [9.17, 15) is 4.79 Å². The van der Waals surface area contributed by atoms with Gasteiger partial charge in [-0.2, -0.15) is 0 Å². The van der Waals surface area contributed by atoms with Gasteiger partial charge in [0.05, 0.1) is 5.20 Å². The standard InChI is InChI=1S/C11H22O4Si/c1-4-6-8-14-16(10(3)11(12)13)15-9-7-5-2/h16H,3-9H2,1-2H3,(H,12,13). The van der Waals surface area contributed by atoms with E-state index in [1.165, 1.54) is 0 Å². The van der Waals surface area contributed by atoms with Crippen LogP contribution in [-0.2, 0) is 13.6 Å². The van der Waals surface area contributed by atoms with E-state index in [2.05, 4.69) is 20.4 Å². The summed E-state index contributed by atoms with van der Waals surface area (Å²) in [5.74, 6) is -1.01. The number of unbranched alkanes of at least 4 members (excludes halogenated alkanes) is 2. The van der Waals surface area contributed by atoms with E-state index >= 15 is 0 Å². The second-order valence-corrected chi connectivity index (χ2v) is 5.64. The van der Waals surface area contributed by atoms with Gasteiger partial charge in [0.15, 0.2) is 0 Å². The first-order valence-corrected chi connectivity index (χ1v) is 7.30. The van der Waals surface area contributed by atoms with Crippen molar-refractivity contribution in [1.29, 1.82) is 0 Å². The lowest BCUT2D eigenvalue weighted by atomic mass is 10.4. The van der Waals surface area contributed by atoms with Gasteiger partial charge in [0.1, 0.15) is 0 Å². The molecular formula is C11H22O4Si. The minimum absolute atomic E-state index is 0.104. The molecule has 0 heterocycles. The molecule has 0 aromatic rings. The molecule has 94 valence electrons. The number of carbonyl (C=O) groups is 1. The number of hydrogen-bond acceptors (Lipinski definition) is 3. The summed E-state index contributed by atoms with van der Waals surface area (Å²) in [6.07, 6.45) is 3.90. The molecule has 0 saturated heterocycles. The summed E-state index contributed by atoms with van der Waals surface area (Å²) in [5, 5.41) is 8.94. The molecule has 16 heavy (non-hydrogen) atoms. The predicted molar refractivity (Wildman–Crippen MR) is 65.6 cm³/mol. The largest absolute Gasteiger partial charge is 0.478 e. The van der Waals surface area contributed by atoms with Crippen LogP contribution in [0.3, 0.4) is 0 Å². The molecule has 0 spiro atoms. The van der Waals surface area contributed by atoms with Crippen LogP contribution in [0.4, 0.5) is 0 Å². The second-order valence-electron chi connectivity index (χ2n) is 3.61. The fraction of sp³-hybridized carbons (Fsp3) is 0.727. The predicted octanol–water partition coefficient (Wildman–Crippen LogP) is 2.02. The number of carboxylic acids is 1. The first-order valence-electron chi connectivity index (χ1n) is 5.78. The summed E-state index contributed by atoms with van der Waals surface area (Å²) in [6, 6.07) is 0. The summed E-state index contributed by atoms with van der Waals surface area (Å²) in [5.41, 5.74) is 0. The highest BCUT2D eigenvalue weighted by Crippen LogP contribution is 2.05. The highest BCUT2D eigenvalue weighted by atomic mass is 28.3. The van der Waals surface area contributed by atoms with Gasteiger partial charge in [0.25, 0.3) is 0 Å². The summed E-state index contributed by atoms with van der Waals surface area (Å²) in [6.45, 7) is 8.77. The highest BCUT2D eigenvalue weighted by molar-refractivity contribution is 6.60. The van der Waals surface area contributed by atoms with Gasteiger partial charge >= 0.3 is 15.3 Å². The van der Waals surface area contributed by atoms with Crippen LogP contribution in [-0.4, -0.2) is 33.6 Å². The Bertz CT molecular complexity index is 208. The summed E-state index contributed by atoms with van der Waals surface area (Å²) < 4.78 is 11.0. The number of aliphatic carboxylic acids is 1. The van der Waals surface area contributed by atoms with E-state index in [0.717, 1.165) is 25.7 Å². The lowest BCUT2D eigenvalue weighted by Gasteiger charge is -2.16. The monoisotopic (exact) mass is 246 g/mol. The van der Waals surface area contributed by atoms with Crippen LogP contribution in [0.15, 0.2) is 11.8 Å². The third kappa shape index (κ3) is 6.76. The van der Waals surface area contributed by atoms with Crippen molar-refractivity contribution in [2.45, 2.75) is 39.5 Å². The zero-order valence-electron chi connectivity index (χ0n) is 10.2. The van der Waals surface area contributed by atoms with Gasteiger partial charge in [-0.15, -0.1) is 0 Å². The molecule has 4 nitrogen and oxygen atoms in total. The van der Waals surface area contributed by atoms with Crippen LogP contribution in [0, 0.1) is 0 Å². The smallest absolute Gasteiger partial charge is 0.362 e. The molecule has 0 aliphatic heterocycles. The van der Waals surface area contributed by atoms with Gasteiger partial charge in [-0.3, -0.25) is 0 Å².